The molecular weight excluding hydrogens is 320 g/mol. The fraction of sp³-hybridized carbons (Fsp3) is 0.0556. The number of benzene rings is 1. The average molecular weight is 334 g/mol. The molecule has 6 heteroatoms. The number of para-hydroxylation sites is 1. The smallest absolute Gasteiger partial charge is 0.262 e. The van der Waals surface area contributed by atoms with Gasteiger partial charge in [-0.25, -0.2) is 4.98 Å². The molecule has 0 spiro atoms. The number of nitrogens with one attached hydrogen (secondary N) is 2. The topological polar surface area (TPSA) is 70.7 Å². The number of aryl methyl sites for hydroxylation is 1. The second-order valence-electron chi connectivity index (χ2n) is 5.42. The van der Waals surface area contributed by atoms with Crippen LogP contribution in [-0.2, 0) is 0 Å². The number of H-pyrrole nitrogens is 1. The van der Waals surface area contributed by atoms with Crippen LogP contribution in [-0.4, -0.2) is 15.0 Å². The molecule has 0 aliphatic heterocycles. The first-order valence-electron chi connectivity index (χ1n) is 7.46. The third-order valence-corrected chi connectivity index (χ3v) is 4.52. The highest BCUT2D eigenvalue weighted by atomic mass is 32.1. The number of nitrogens with zero attached hydrogens (tertiary/aromatic N) is 2. The van der Waals surface area contributed by atoms with Crippen molar-refractivity contribution >= 4 is 34.0 Å². The normalized spacial score (nSPS) is 10.9. The molecule has 0 unspecified atom stereocenters. The Labute approximate surface area is 142 Å². The fourth-order valence-electron chi connectivity index (χ4n) is 2.62. The van der Waals surface area contributed by atoms with Gasteiger partial charge in [-0.2, -0.15) is 16.3 Å². The number of hydrogen-bond donors (Lipinski definition) is 2. The van der Waals surface area contributed by atoms with E-state index in [4.69, 9.17) is 0 Å². The van der Waals surface area contributed by atoms with Crippen molar-refractivity contribution < 1.29 is 0 Å². The number of aromatic amines is 1. The van der Waals surface area contributed by atoms with E-state index in [0.29, 0.717) is 17.0 Å². The van der Waals surface area contributed by atoms with Gasteiger partial charge in [-0.05, 0) is 47.0 Å². The van der Waals surface area contributed by atoms with Gasteiger partial charge in [0.25, 0.3) is 5.56 Å². The molecule has 0 bridgehead atoms. The molecule has 0 atom stereocenters. The van der Waals surface area contributed by atoms with Crippen LogP contribution >= 0.6 is 11.3 Å². The predicted molar refractivity (Wildman–Crippen MR) is 97.9 cm³/mol. The van der Waals surface area contributed by atoms with Crippen LogP contribution in [0.3, 0.4) is 0 Å². The number of aromatic nitrogens is 3. The van der Waals surface area contributed by atoms with Crippen LogP contribution < -0.4 is 10.9 Å². The van der Waals surface area contributed by atoms with Crippen LogP contribution in [0.2, 0.25) is 0 Å². The van der Waals surface area contributed by atoms with E-state index in [1.54, 1.807) is 17.5 Å². The highest BCUT2D eigenvalue weighted by Crippen LogP contribution is 2.27. The second kappa shape index (κ2) is 5.90. The van der Waals surface area contributed by atoms with E-state index < -0.39 is 0 Å². The van der Waals surface area contributed by atoms with Gasteiger partial charge in [0.2, 0.25) is 5.95 Å². The summed E-state index contributed by atoms with van der Waals surface area (Å²) in [7, 11) is 0. The summed E-state index contributed by atoms with van der Waals surface area (Å²) in [4.78, 5) is 24.2. The SMILES string of the molecule is Cc1ccccc1Nc1nc2nccc(-c3ccsc3)c2c(=O)[nH]1. The molecule has 118 valence electrons. The summed E-state index contributed by atoms with van der Waals surface area (Å²) in [5.74, 6) is 0.386. The monoisotopic (exact) mass is 334 g/mol. The van der Waals surface area contributed by atoms with Crippen molar-refractivity contribution in [3.05, 3.63) is 69.3 Å². The van der Waals surface area contributed by atoms with E-state index in [2.05, 4.69) is 20.3 Å². The maximum absolute atomic E-state index is 12.6. The maximum Gasteiger partial charge on any atom is 0.262 e. The van der Waals surface area contributed by atoms with Crippen molar-refractivity contribution in [3.8, 4) is 11.1 Å². The molecule has 24 heavy (non-hydrogen) atoms. The molecule has 3 heterocycles. The van der Waals surface area contributed by atoms with Crippen LogP contribution in [0.15, 0.2) is 58.1 Å². The summed E-state index contributed by atoms with van der Waals surface area (Å²) in [5.41, 5.74) is 4.04. The summed E-state index contributed by atoms with van der Waals surface area (Å²) < 4.78 is 0. The Kier molecular flexibility index (Phi) is 3.59. The van der Waals surface area contributed by atoms with Crippen molar-refractivity contribution in [2.24, 2.45) is 0 Å². The summed E-state index contributed by atoms with van der Waals surface area (Å²) in [6.07, 6.45) is 1.68. The molecule has 2 N–H and O–H groups in total. The van der Waals surface area contributed by atoms with E-state index in [0.717, 1.165) is 22.4 Å². The highest BCUT2D eigenvalue weighted by Gasteiger charge is 2.12. The Morgan fingerprint density at radius 2 is 2.04 bits per heavy atom. The number of hydrogen-bond acceptors (Lipinski definition) is 5. The Bertz CT molecular complexity index is 1070. The minimum atomic E-state index is -0.203. The van der Waals surface area contributed by atoms with Gasteiger partial charge in [0.15, 0.2) is 5.65 Å². The lowest BCUT2D eigenvalue weighted by Crippen LogP contribution is -2.13. The van der Waals surface area contributed by atoms with Crippen LogP contribution in [0.4, 0.5) is 11.6 Å². The molecule has 4 rings (SSSR count). The number of pyridine rings is 1. The van der Waals surface area contributed by atoms with Crippen molar-refractivity contribution in [2.45, 2.75) is 6.92 Å². The molecular formula is C18H14N4OS. The van der Waals surface area contributed by atoms with Crippen LogP contribution in [0, 0.1) is 6.92 Å². The third-order valence-electron chi connectivity index (χ3n) is 3.84. The molecule has 1 aromatic carbocycles. The standard InChI is InChI=1S/C18H14N4OS/c1-11-4-2-3-5-14(11)20-18-21-16-15(17(23)22-18)13(6-8-19-16)12-7-9-24-10-12/h2-10H,1H3,(H2,19,20,21,22,23). The summed E-state index contributed by atoms with van der Waals surface area (Å²) >= 11 is 1.59. The third kappa shape index (κ3) is 2.57. The molecule has 4 aromatic rings. The molecule has 0 saturated heterocycles. The van der Waals surface area contributed by atoms with Gasteiger partial charge >= 0.3 is 0 Å². The lowest BCUT2D eigenvalue weighted by atomic mass is 10.1. The largest absolute Gasteiger partial charge is 0.325 e. The lowest BCUT2D eigenvalue weighted by Gasteiger charge is -2.09. The van der Waals surface area contributed by atoms with E-state index in [-0.39, 0.29) is 5.56 Å². The number of anilines is 2. The molecule has 0 aliphatic rings. The van der Waals surface area contributed by atoms with Gasteiger partial charge in [0.05, 0.1) is 5.39 Å². The van der Waals surface area contributed by atoms with Gasteiger partial charge in [0, 0.05) is 17.4 Å². The number of rotatable bonds is 3. The van der Waals surface area contributed by atoms with E-state index in [1.807, 2.05) is 54.1 Å². The maximum atomic E-state index is 12.6. The molecule has 0 amide bonds. The van der Waals surface area contributed by atoms with E-state index >= 15 is 0 Å². The van der Waals surface area contributed by atoms with Gasteiger partial charge < -0.3 is 5.32 Å². The van der Waals surface area contributed by atoms with Crippen LogP contribution in [0.25, 0.3) is 22.2 Å². The van der Waals surface area contributed by atoms with Gasteiger partial charge in [-0.15, -0.1) is 0 Å². The van der Waals surface area contributed by atoms with Crippen LogP contribution in [0.1, 0.15) is 5.56 Å². The Morgan fingerprint density at radius 3 is 2.83 bits per heavy atom. The first-order chi connectivity index (χ1) is 11.7. The van der Waals surface area contributed by atoms with E-state index in [9.17, 15) is 4.79 Å². The Hall–Kier alpha value is -2.99. The van der Waals surface area contributed by atoms with Crippen LogP contribution in [0.5, 0.6) is 0 Å². The zero-order valence-electron chi connectivity index (χ0n) is 12.9. The summed E-state index contributed by atoms with van der Waals surface area (Å²) in [5, 5.41) is 7.65. The lowest BCUT2D eigenvalue weighted by molar-refractivity contribution is 1.14. The van der Waals surface area contributed by atoms with Gasteiger partial charge in [0.1, 0.15) is 0 Å². The van der Waals surface area contributed by atoms with Crippen molar-refractivity contribution in [1.29, 1.82) is 0 Å². The zero-order valence-corrected chi connectivity index (χ0v) is 13.7. The Morgan fingerprint density at radius 1 is 1.17 bits per heavy atom. The highest BCUT2D eigenvalue weighted by molar-refractivity contribution is 7.08. The van der Waals surface area contributed by atoms with Gasteiger partial charge in [-0.1, -0.05) is 18.2 Å². The van der Waals surface area contributed by atoms with Gasteiger partial charge in [-0.3, -0.25) is 9.78 Å². The Balaban J connectivity index is 1.84. The quantitative estimate of drug-likeness (QED) is 0.592. The van der Waals surface area contributed by atoms with Crippen molar-refractivity contribution in [1.82, 2.24) is 15.0 Å². The first kappa shape index (κ1) is 14.6. The summed E-state index contributed by atoms with van der Waals surface area (Å²) in [6, 6.07) is 11.7. The van der Waals surface area contributed by atoms with Crippen molar-refractivity contribution in [3.63, 3.8) is 0 Å². The molecule has 0 saturated carbocycles. The average Bonchev–Trinajstić information content (AvgIpc) is 3.11. The first-order valence-corrected chi connectivity index (χ1v) is 8.41. The van der Waals surface area contributed by atoms with E-state index in [1.165, 1.54) is 0 Å². The minimum absolute atomic E-state index is 0.203. The zero-order chi connectivity index (χ0) is 16.5. The van der Waals surface area contributed by atoms with Crippen molar-refractivity contribution in [2.75, 3.05) is 5.32 Å². The molecule has 3 aromatic heterocycles. The number of thiophene rings is 1. The molecule has 0 radical (unpaired) electrons. The molecule has 0 aliphatic carbocycles. The molecule has 5 nitrogen and oxygen atoms in total. The summed E-state index contributed by atoms with van der Waals surface area (Å²) in [6.45, 7) is 1.99. The second-order valence-corrected chi connectivity index (χ2v) is 6.20. The number of fused-ring (bicyclic) bond motifs is 1. The predicted octanol–water partition coefficient (Wildman–Crippen LogP) is 4.10. The molecule has 0 fully saturated rings. The minimum Gasteiger partial charge on any atom is -0.325 e. The fourth-order valence-corrected chi connectivity index (χ4v) is 3.28.